The number of aliphatic hydroxyl groups is 1. The monoisotopic (exact) mass is 301 g/mol. The van der Waals surface area contributed by atoms with Gasteiger partial charge in [0.1, 0.15) is 11.6 Å². The Labute approximate surface area is 129 Å². The first-order valence-corrected chi connectivity index (χ1v) is 7.73. The van der Waals surface area contributed by atoms with Crippen molar-refractivity contribution in [3.8, 4) is 11.4 Å². The molecule has 0 bridgehead atoms. The van der Waals surface area contributed by atoms with Crippen molar-refractivity contribution in [3.05, 3.63) is 48.1 Å². The zero-order valence-corrected chi connectivity index (χ0v) is 12.5. The molecule has 1 atom stereocenters. The molecule has 0 aliphatic heterocycles. The van der Waals surface area contributed by atoms with E-state index in [2.05, 4.69) is 22.2 Å². The van der Waals surface area contributed by atoms with Crippen LogP contribution in [0.5, 0.6) is 0 Å². The van der Waals surface area contributed by atoms with Crippen molar-refractivity contribution in [2.24, 2.45) is 5.92 Å². The van der Waals surface area contributed by atoms with E-state index in [9.17, 15) is 4.39 Å². The molecule has 1 N–H and O–H groups in total. The molecule has 1 aromatic carbocycles. The largest absolute Gasteiger partial charge is 0.396 e. The van der Waals surface area contributed by atoms with Crippen LogP contribution in [0.2, 0.25) is 0 Å². The maximum Gasteiger partial charge on any atom is 0.181 e. The Kier molecular flexibility index (Phi) is 4.63. The van der Waals surface area contributed by atoms with E-state index in [1.165, 1.54) is 12.1 Å². The lowest BCUT2D eigenvalue weighted by molar-refractivity contribution is 0.275. The van der Waals surface area contributed by atoms with Crippen molar-refractivity contribution < 1.29 is 9.50 Å². The number of allylic oxidation sites excluding steroid dienone is 2. The van der Waals surface area contributed by atoms with Crippen LogP contribution in [-0.4, -0.2) is 26.5 Å². The molecular formula is C17H20FN3O. The van der Waals surface area contributed by atoms with Crippen molar-refractivity contribution in [1.29, 1.82) is 0 Å². The van der Waals surface area contributed by atoms with Gasteiger partial charge in [-0.2, -0.15) is 5.10 Å². The Morgan fingerprint density at radius 3 is 2.77 bits per heavy atom. The van der Waals surface area contributed by atoms with E-state index >= 15 is 0 Å². The van der Waals surface area contributed by atoms with Crippen molar-refractivity contribution in [2.45, 2.75) is 32.2 Å². The van der Waals surface area contributed by atoms with E-state index in [1.54, 1.807) is 12.1 Å². The summed E-state index contributed by atoms with van der Waals surface area (Å²) in [4.78, 5) is 4.64. The highest BCUT2D eigenvalue weighted by Crippen LogP contribution is 2.23. The first-order chi connectivity index (χ1) is 10.8. The lowest BCUT2D eigenvalue weighted by Gasteiger charge is -2.08. The number of halogens is 1. The highest BCUT2D eigenvalue weighted by atomic mass is 19.1. The van der Waals surface area contributed by atoms with Crippen LogP contribution in [0, 0.1) is 11.7 Å². The quantitative estimate of drug-likeness (QED) is 0.835. The summed E-state index contributed by atoms with van der Waals surface area (Å²) in [6.45, 7) is 0.783. The molecule has 0 radical (unpaired) electrons. The Morgan fingerprint density at radius 2 is 2.09 bits per heavy atom. The van der Waals surface area contributed by atoms with Gasteiger partial charge in [-0.25, -0.2) is 14.1 Å². The molecule has 22 heavy (non-hydrogen) atoms. The fourth-order valence-corrected chi connectivity index (χ4v) is 2.75. The van der Waals surface area contributed by atoms with Crippen LogP contribution in [0.4, 0.5) is 4.39 Å². The van der Waals surface area contributed by atoms with Gasteiger partial charge in [-0.1, -0.05) is 12.2 Å². The number of aliphatic hydroxyl groups excluding tert-OH is 1. The highest BCUT2D eigenvalue weighted by Gasteiger charge is 2.17. The van der Waals surface area contributed by atoms with Gasteiger partial charge < -0.3 is 5.11 Å². The third-order valence-corrected chi connectivity index (χ3v) is 3.94. The Balaban J connectivity index is 1.85. The summed E-state index contributed by atoms with van der Waals surface area (Å²) < 4.78 is 14.9. The molecule has 0 saturated heterocycles. The van der Waals surface area contributed by atoms with E-state index in [4.69, 9.17) is 5.11 Å². The third-order valence-electron chi connectivity index (χ3n) is 3.94. The molecule has 0 spiro atoms. The van der Waals surface area contributed by atoms with Crippen LogP contribution >= 0.6 is 0 Å². The van der Waals surface area contributed by atoms with Gasteiger partial charge in [-0.15, -0.1) is 0 Å². The number of rotatable bonds is 6. The van der Waals surface area contributed by atoms with Gasteiger partial charge in [-0.3, -0.25) is 0 Å². The molecule has 3 rings (SSSR count). The second kappa shape index (κ2) is 6.83. The first kappa shape index (κ1) is 14.9. The Hall–Kier alpha value is -2.01. The molecule has 0 saturated carbocycles. The van der Waals surface area contributed by atoms with E-state index in [0.717, 1.165) is 30.7 Å². The Bertz CT molecular complexity index is 648. The normalized spacial score (nSPS) is 17.3. The summed E-state index contributed by atoms with van der Waals surface area (Å²) in [6.07, 6.45) is 8.23. The van der Waals surface area contributed by atoms with Crippen LogP contribution in [0.15, 0.2) is 36.4 Å². The zero-order chi connectivity index (χ0) is 15.4. The molecule has 116 valence electrons. The van der Waals surface area contributed by atoms with Gasteiger partial charge in [-0.05, 0) is 49.4 Å². The van der Waals surface area contributed by atoms with Crippen LogP contribution in [0.1, 0.15) is 25.1 Å². The van der Waals surface area contributed by atoms with Crippen LogP contribution in [-0.2, 0) is 13.0 Å². The average Bonchev–Trinajstić information content (AvgIpc) is 3.16. The predicted molar refractivity (Wildman–Crippen MR) is 82.7 cm³/mol. The molecule has 2 aromatic rings. The molecule has 1 aliphatic carbocycles. The molecule has 0 fully saturated rings. The van der Waals surface area contributed by atoms with E-state index in [0.29, 0.717) is 24.7 Å². The summed E-state index contributed by atoms with van der Waals surface area (Å²) >= 11 is 0. The maximum absolute atomic E-state index is 13.0. The molecule has 5 heteroatoms. The van der Waals surface area contributed by atoms with Crippen LogP contribution in [0.3, 0.4) is 0 Å². The fraction of sp³-hybridized carbons (Fsp3) is 0.412. The summed E-state index contributed by atoms with van der Waals surface area (Å²) in [5, 5.41) is 13.6. The van der Waals surface area contributed by atoms with Gasteiger partial charge in [0, 0.05) is 25.1 Å². The highest BCUT2D eigenvalue weighted by molar-refractivity contribution is 5.54. The second-order valence-electron chi connectivity index (χ2n) is 5.63. The van der Waals surface area contributed by atoms with Crippen molar-refractivity contribution in [2.75, 3.05) is 6.61 Å². The molecular weight excluding hydrogens is 281 g/mol. The number of aryl methyl sites for hydroxylation is 1. The van der Waals surface area contributed by atoms with Crippen molar-refractivity contribution in [1.82, 2.24) is 14.8 Å². The molecule has 1 aromatic heterocycles. The van der Waals surface area contributed by atoms with Gasteiger partial charge in [0.15, 0.2) is 5.82 Å². The van der Waals surface area contributed by atoms with Gasteiger partial charge in [0.2, 0.25) is 0 Å². The minimum atomic E-state index is -0.264. The zero-order valence-electron chi connectivity index (χ0n) is 12.5. The minimum absolute atomic E-state index is 0.133. The number of hydrogen-bond acceptors (Lipinski definition) is 3. The number of hydrogen-bond donors (Lipinski definition) is 1. The number of aromatic nitrogens is 3. The summed E-state index contributed by atoms with van der Waals surface area (Å²) in [7, 11) is 0. The first-order valence-electron chi connectivity index (χ1n) is 7.73. The molecule has 0 amide bonds. The Morgan fingerprint density at radius 1 is 1.27 bits per heavy atom. The van der Waals surface area contributed by atoms with Crippen molar-refractivity contribution >= 4 is 0 Å². The molecule has 1 aliphatic rings. The van der Waals surface area contributed by atoms with E-state index < -0.39 is 0 Å². The predicted octanol–water partition coefficient (Wildman–Crippen LogP) is 2.98. The van der Waals surface area contributed by atoms with Crippen molar-refractivity contribution in [3.63, 3.8) is 0 Å². The lowest BCUT2D eigenvalue weighted by atomic mass is 10.1. The van der Waals surface area contributed by atoms with Gasteiger partial charge in [0.05, 0.1) is 0 Å². The standard InChI is InChI=1S/C17H20FN3O/c18-15-8-6-14(7-9-15)17-19-16(12-13-4-1-2-5-13)21(20-17)10-3-11-22/h1,4,6-9,13,22H,2-3,5,10-12H2/t13-/m1/s1. The second-order valence-corrected chi connectivity index (χ2v) is 5.63. The summed E-state index contributed by atoms with van der Waals surface area (Å²) in [5.41, 5.74) is 0.812. The smallest absolute Gasteiger partial charge is 0.181 e. The SMILES string of the molecule is OCCCn1nc(-c2ccc(F)cc2)nc1C[C@@H]1C=CCC1. The van der Waals surface area contributed by atoms with Crippen LogP contribution in [0.25, 0.3) is 11.4 Å². The molecule has 1 heterocycles. The van der Waals surface area contributed by atoms with E-state index in [1.807, 2.05) is 4.68 Å². The van der Waals surface area contributed by atoms with Gasteiger partial charge in [0.25, 0.3) is 0 Å². The number of nitrogens with zero attached hydrogens (tertiary/aromatic N) is 3. The summed E-state index contributed by atoms with van der Waals surface area (Å²) in [6, 6.07) is 6.23. The van der Waals surface area contributed by atoms with Gasteiger partial charge >= 0.3 is 0 Å². The average molecular weight is 301 g/mol. The molecule has 0 unspecified atom stereocenters. The minimum Gasteiger partial charge on any atom is -0.396 e. The fourth-order valence-electron chi connectivity index (χ4n) is 2.75. The molecule has 4 nitrogen and oxygen atoms in total. The van der Waals surface area contributed by atoms with Crippen LogP contribution < -0.4 is 0 Å². The topological polar surface area (TPSA) is 50.9 Å². The lowest BCUT2D eigenvalue weighted by Crippen LogP contribution is -2.10. The maximum atomic E-state index is 13.0. The number of benzene rings is 1. The third kappa shape index (κ3) is 3.42. The van der Waals surface area contributed by atoms with E-state index in [-0.39, 0.29) is 12.4 Å². The summed E-state index contributed by atoms with van der Waals surface area (Å²) in [5.74, 6) is 1.80.